The third-order valence-corrected chi connectivity index (χ3v) is 4.87. The summed E-state index contributed by atoms with van der Waals surface area (Å²) in [6.07, 6.45) is 5.60. The first-order chi connectivity index (χ1) is 13.0. The van der Waals surface area contributed by atoms with E-state index in [2.05, 4.69) is 29.0 Å². The number of hydrogen-bond donors (Lipinski definition) is 1. The zero-order chi connectivity index (χ0) is 19.8. The van der Waals surface area contributed by atoms with Crippen molar-refractivity contribution in [2.24, 2.45) is 0 Å². The van der Waals surface area contributed by atoms with Gasteiger partial charge in [0.25, 0.3) is 11.8 Å². The maximum atomic E-state index is 13.1. The zero-order valence-electron chi connectivity index (χ0n) is 17.4. The number of carbonyl (C=O) groups is 2. The van der Waals surface area contributed by atoms with Gasteiger partial charge < -0.3 is 19.7 Å². The summed E-state index contributed by atoms with van der Waals surface area (Å²) in [7, 11) is 4.03. The molecule has 0 bridgehead atoms. The molecule has 0 radical (unpaired) electrons. The van der Waals surface area contributed by atoms with Crippen LogP contribution in [0.4, 0.5) is 0 Å². The number of rotatable bonds is 10. The molecule has 1 N–H and O–H groups in total. The first kappa shape index (κ1) is 21.4. The SMILES string of the molecule is CCCN(CCC)C(=O)c1nc(C(=O)NCCCN(C)C)n2c1CCCC2. The van der Waals surface area contributed by atoms with Gasteiger partial charge in [-0.05, 0) is 59.2 Å². The number of fused-ring (bicyclic) bond motifs is 1. The molecule has 7 heteroatoms. The lowest BCUT2D eigenvalue weighted by Crippen LogP contribution is -2.33. The number of aromatic nitrogens is 2. The van der Waals surface area contributed by atoms with Gasteiger partial charge in [-0.3, -0.25) is 9.59 Å². The Morgan fingerprint density at radius 1 is 1.11 bits per heavy atom. The summed E-state index contributed by atoms with van der Waals surface area (Å²) in [6, 6.07) is 0. The average molecular weight is 378 g/mol. The molecule has 0 saturated carbocycles. The van der Waals surface area contributed by atoms with Gasteiger partial charge in [-0.15, -0.1) is 0 Å². The molecule has 1 aromatic heterocycles. The van der Waals surface area contributed by atoms with Crippen molar-refractivity contribution in [3.63, 3.8) is 0 Å². The van der Waals surface area contributed by atoms with Crippen LogP contribution in [-0.2, 0) is 13.0 Å². The van der Waals surface area contributed by atoms with E-state index in [4.69, 9.17) is 0 Å². The van der Waals surface area contributed by atoms with Crippen molar-refractivity contribution < 1.29 is 9.59 Å². The molecule has 27 heavy (non-hydrogen) atoms. The van der Waals surface area contributed by atoms with Crippen molar-refractivity contribution in [3.05, 3.63) is 17.2 Å². The van der Waals surface area contributed by atoms with E-state index >= 15 is 0 Å². The van der Waals surface area contributed by atoms with E-state index in [0.29, 0.717) is 18.1 Å². The highest BCUT2D eigenvalue weighted by atomic mass is 16.2. The Morgan fingerprint density at radius 3 is 2.44 bits per heavy atom. The predicted molar refractivity (Wildman–Crippen MR) is 107 cm³/mol. The topological polar surface area (TPSA) is 70.5 Å². The van der Waals surface area contributed by atoms with E-state index in [1.807, 2.05) is 23.6 Å². The van der Waals surface area contributed by atoms with Gasteiger partial charge in [0.1, 0.15) is 5.69 Å². The quantitative estimate of drug-likeness (QED) is 0.635. The molecule has 0 unspecified atom stereocenters. The second kappa shape index (κ2) is 10.4. The minimum absolute atomic E-state index is 0.0315. The number of nitrogens with one attached hydrogen (secondary N) is 1. The van der Waals surface area contributed by atoms with E-state index in [1.165, 1.54) is 0 Å². The van der Waals surface area contributed by atoms with E-state index < -0.39 is 0 Å². The summed E-state index contributed by atoms with van der Waals surface area (Å²) in [6.45, 7) is 7.90. The van der Waals surface area contributed by atoms with Crippen LogP contribution < -0.4 is 5.32 Å². The molecule has 0 aliphatic carbocycles. The molecule has 0 fully saturated rings. The summed E-state index contributed by atoms with van der Waals surface area (Å²) in [5, 5.41) is 2.96. The monoisotopic (exact) mass is 377 g/mol. The Morgan fingerprint density at radius 2 is 1.81 bits per heavy atom. The standard InChI is InChI=1S/C20H35N5O2/c1-5-12-24(13-6-2)20(27)17-16-10-7-8-15-25(16)18(22-17)19(26)21-11-9-14-23(3)4/h5-15H2,1-4H3,(H,21,26). The average Bonchev–Trinajstić information content (AvgIpc) is 3.04. The maximum Gasteiger partial charge on any atom is 0.287 e. The molecule has 152 valence electrons. The Kier molecular flexibility index (Phi) is 8.28. The van der Waals surface area contributed by atoms with E-state index in [0.717, 1.165) is 70.4 Å². The van der Waals surface area contributed by atoms with E-state index in [1.54, 1.807) is 0 Å². The third-order valence-electron chi connectivity index (χ3n) is 4.87. The molecule has 0 aromatic carbocycles. The molecule has 1 aliphatic rings. The third kappa shape index (κ3) is 5.54. The molecule has 2 amide bonds. The summed E-state index contributed by atoms with van der Waals surface area (Å²) >= 11 is 0. The predicted octanol–water partition coefficient (Wildman–Crippen LogP) is 2.16. The molecule has 0 spiro atoms. The summed E-state index contributed by atoms with van der Waals surface area (Å²) in [5.41, 5.74) is 1.41. The Labute approximate surface area is 163 Å². The van der Waals surface area contributed by atoms with Gasteiger partial charge in [0, 0.05) is 26.2 Å². The Bertz CT molecular complexity index is 633. The number of hydrogen-bond acceptors (Lipinski definition) is 4. The first-order valence-corrected chi connectivity index (χ1v) is 10.3. The van der Waals surface area contributed by atoms with Crippen LogP contribution in [0.1, 0.15) is 72.8 Å². The van der Waals surface area contributed by atoms with Crippen LogP contribution in [-0.4, -0.2) is 71.4 Å². The number of imidazole rings is 1. The van der Waals surface area contributed by atoms with Crippen LogP contribution in [0.15, 0.2) is 0 Å². The fourth-order valence-corrected chi connectivity index (χ4v) is 3.57. The van der Waals surface area contributed by atoms with E-state index in [-0.39, 0.29) is 11.8 Å². The number of carbonyl (C=O) groups excluding carboxylic acids is 2. The molecule has 2 rings (SSSR count). The Hall–Kier alpha value is -1.89. The maximum absolute atomic E-state index is 13.1. The summed E-state index contributed by atoms with van der Waals surface area (Å²) in [5.74, 6) is 0.190. The van der Waals surface area contributed by atoms with Gasteiger partial charge in [-0.1, -0.05) is 13.8 Å². The molecule has 0 saturated heterocycles. The molecule has 2 heterocycles. The van der Waals surface area contributed by atoms with Crippen molar-refractivity contribution in [2.75, 3.05) is 40.3 Å². The van der Waals surface area contributed by atoms with Crippen LogP contribution in [0.3, 0.4) is 0 Å². The fourth-order valence-electron chi connectivity index (χ4n) is 3.57. The van der Waals surface area contributed by atoms with Crippen molar-refractivity contribution in [1.29, 1.82) is 0 Å². The normalized spacial score (nSPS) is 13.5. The van der Waals surface area contributed by atoms with Gasteiger partial charge >= 0.3 is 0 Å². The molecule has 1 aliphatic heterocycles. The van der Waals surface area contributed by atoms with E-state index in [9.17, 15) is 9.59 Å². The second-order valence-corrected chi connectivity index (χ2v) is 7.54. The highest BCUT2D eigenvalue weighted by Gasteiger charge is 2.29. The van der Waals surface area contributed by atoms with Crippen LogP contribution in [0.25, 0.3) is 0 Å². The second-order valence-electron chi connectivity index (χ2n) is 7.54. The van der Waals surface area contributed by atoms with Crippen LogP contribution in [0.2, 0.25) is 0 Å². The number of amides is 2. The van der Waals surface area contributed by atoms with Gasteiger partial charge in [-0.25, -0.2) is 4.98 Å². The largest absolute Gasteiger partial charge is 0.349 e. The molecule has 1 aromatic rings. The van der Waals surface area contributed by atoms with Crippen molar-refractivity contribution >= 4 is 11.8 Å². The lowest BCUT2D eigenvalue weighted by atomic mass is 10.1. The smallest absolute Gasteiger partial charge is 0.287 e. The van der Waals surface area contributed by atoms with Gasteiger partial charge in [-0.2, -0.15) is 0 Å². The van der Waals surface area contributed by atoms with Crippen LogP contribution >= 0.6 is 0 Å². The molecule has 7 nitrogen and oxygen atoms in total. The van der Waals surface area contributed by atoms with Gasteiger partial charge in [0.05, 0.1) is 5.69 Å². The summed E-state index contributed by atoms with van der Waals surface area (Å²) in [4.78, 5) is 34.3. The van der Waals surface area contributed by atoms with Crippen LogP contribution in [0.5, 0.6) is 0 Å². The highest BCUT2D eigenvalue weighted by Crippen LogP contribution is 2.22. The molecular weight excluding hydrogens is 342 g/mol. The lowest BCUT2D eigenvalue weighted by Gasteiger charge is -2.22. The van der Waals surface area contributed by atoms with Gasteiger partial charge in [0.2, 0.25) is 0 Å². The lowest BCUT2D eigenvalue weighted by molar-refractivity contribution is 0.0748. The van der Waals surface area contributed by atoms with Gasteiger partial charge in [0.15, 0.2) is 5.82 Å². The van der Waals surface area contributed by atoms with Crippen LogP contribution in [0, 0.1) is 0 Å². The highest BCUT2D eigenvalue weighted by molar-refractivity contribution is 5.97. The zero-order valence-corrected chi connectivity index (χ0v) is 17.4. The fraction of sp³-hybridized carbons (Fsp3) is 0.750. The first-order valence-electron chi connectivity index (χ1n) is 10.3. The summed E-state index contributed by atoms with van der Waals surface area (Å²) < 4.78 is 1.97. The molecule has 0 atom stereocenters. The van der Waals surface area contributed by atoms with Crippen molar-refractivity contribution in [3.8, 4) is 0 Å². The number of nitrogens with zero attached hydrogens (tertiary/aromatic N) is 4. The minimum atomic E-state index is -0.173. The minimum Gasteiger partial charge on any atom is -0.349 e. The Balaban J connectivity index is 2.19. The van der Waals surface area contributed by atoms with Crippen molar-refractivity contribution in [1.82, 2.24) is 24.7 Å². The van der Waals surface area contributed by atoms with Crippen molar-refractivity contribution in [2.45, 2.75) is 58.9 Å². The molecular formula is C20H35N5O2.